The summed E-state index contributed by atoms with van der Waals surface area (Å²) in [5.74, 6) is -0.0126. The van der Waals surface area contributed by atoms with Gasteiger partial charge in [0.25, 0.3) is 0 Å². The molecule has 0 radical (unpaired) electrons. The molecule has 1 N–H and O–H groups in total. The van der Waals surface area contributed by atoms with Gasteiger partial charge in [0.05, 0.1) is 11.1 Å². The summed E-state index contributed by atoms with van der Waals surface area (Å²) in [5, 5.41) is 2.78. The fourth-order valence-electron chi connectivity index (χ4n) is 4.70. The normalized spacial score (nSPS) is 28.1. The molecule has 3 aliphatic rings. The van der Waals surface area contributed by atoms with E-state index in [0.29, 0.717) is 45.4 Å². The minimum Gasteiger partial charge on any atom is -0.447 e. The molecule has 1 aromatic rings. The summed E-state index contributed by atoms with van der Waals surface area (Å²) in [7, 11) is 0. The quantitative estimate of drug-likeness (QED) is 0.831. The first kappa shape index (κ1) is 19.1. The van der Waals surface area contributed by atoms with Crippen molar-refractivity contribution in [3.8, 4) is 0 Å². The van der Waals surface area contributed by atoms with E-state index in [4.69, 9.17) is 4.74 Å². The van der Waals surface area contributed by atoms with E-state index in [2.05, 4.69) is 5.32 Å². The zero-order valence-electron chi connectivity index (χ0n) is 15.6. The molecular weight excluding hydrogens is 373 g/mol. The maximum atomic E-state index is 13.0. The van der Waals surface area contributed by atoms with E-state index < -0.39 is 17.8 Å². The van der Waals surface area contributed by atoms with Gasteiger partial charge in [0.2, 0.25) is 5.91 Å². The Hall–Kier alpha value is -2.25. The molecule has 5 nitrogen and oxygen atoms in total. The van der Waals surface area contributed by atoms with Crippen molar-refractivity contribution in [2.24, 2.45) is 5.92 Å². The summed E-state index contributed by atoms with van der Waals surface area (Å²) in [6, 6.07) is 3.91. The third kappa shape index (κ3) is 3.44. The Balaban J connectivity index is 1.35. The Kier molecular flexibility index (Phi) is 4.55. The second kappa shape index (κ2) is 6.67. The summed E-state index contributed by atoms with van der Waals surface area (Å²) in [6.45, 7) is 3.24. The third-order valence-corrected chi connectivity index (χ3v) is 6.32. The number of carbonyl (C=O) groups excluding carboxylic acids is 2. The van der Waals surface area contributed by atoms with Crippen molar-refractivity contribution in [3.05, 3.63) is 34.9 Å². The number of nitrogens with zero attached hydrogens (tertiary/aromatic N) is 1. The number of hydrogen-bond acceptors (Lipinski definition) is 3. The van der Waals surface area contributed by atoms with Crippen LogP contribution in [0.3, 0.4) is 0 Å². The fraction of sp³-hybridized carbons (Fsp3) is 0.600. The largest absolute Gasteiger partial charge is 0.447 e. The average molecular weight is 396 g/mol. The maximum absolute atomic E-state index is 13.0. The highest BCUT2D eigenvalue weighted by atomic mass is 19.4. The average Bonchev–Trinajstić information content (AvgIpc) is 3.02. The van der Waals surface area contributed by atoms with Gasteiger partial charge in [-0.3, -0.25) is 4.79 Å². The van der Waals surface area contributed by atoms with Crippen LogP contribution in [0.2, 0.25) is 0 Å². The molecule has 152 valence electrons. The van der Waals surface area contributed by atoms with Crippen molar-refractivity contribution < 1.29 is 27.5 Å². The minimum atomic E-state index is -4.35. The van der Waals surface area contributed by atoms with Crippen molar-refractivity contribution >= 4 is 12.0 Å². The number of amides is 2. The predicted octanol–water partition coefficient (Wildman–Crippen LogP) is 3.61. The lowest BCUT2D eigenvalue weighted by molar-refractivity contribution is -0.142. The van der Waals surface area contributed by atoms with E-state index in [0.717, 1.165) is 17.2 Å². The van der Waals surface area contributed by atoms with Gasteiger partial charge >= 0.3 is 12.3 Å². The first-order valence-corrected chi connectivity index (χ1v) is 9.58. The lowest BCUT2D eigenvalue weighted by Gasteiger charge is -2.45. The van der Waals surface area contributed by atoms with Gasteiger partial charge in [-0.2, -0.15) is 13.2 Å². The number of alkyl halides is 3. The minimum absolute atomic E-state index is 0.0293. The van der Waals surface area contributed by atoms with Gasteiger partial charge in [0.1, 0.15) is 6.61 Å². The highest BCUT2D eigenvalue weighted by molar-refractivity contribution is 5.81. The second-order valence-corrected chi connectivity index (χ2v) is 8.26. The number of aryl methyl sites for hydroxylation is 1. The Morgan fingerprint density at radius 2 is 1.93 bits per heavy atom. The zero-order valence-corrected chi connectivity index (χ0v) is 15.6. The lowest BCUT2D eigenvalue weighted by atomic mass is 9.68. The van der Waals surface area contributed by atoms with Crippen LogP contribution in [0.25, 0.3) is 0 Å². The molecule has 3 fully saturated rings. The van der Waals surface area contributed by atoms with Crippen molar-refractivity contribution in [2.45, 2.75) is 50.2 Å². The van der Waals surface area contributed by atoms with Gasteiger partial charge < -0.3 is 15.0 Å². The predicted molar refractivity (Wildman–Crippen MR) is 94.7 cm³/mol. The van der Waals surface area contributed by atoms with Crippen LogP contribution in [0, 0.1) is 12.8 Å². The molecule has 1 aliphatic carbocycles. The number of carbonyl (C=O) groups is 2. The Morgan fingerprint density at radius 1 is 1.25 bits per heavy atom. The van der Waals surface area contributed by atoms with Crippen LogP contribution in [0.1, 0.15) is 48.3 Å². The summed E-state index contributed by atoms with van der Waals surface area (Å²) in [5.41, 5.74) is 0.587. The van der Waals surface area contributed by atoms with Gasteiger partial charge in [0, 0.05) is 19.0 Å². The molecule has 1 aromatic carbocycles. The zero-order chi connectivity index (χ0) is 20.1. The smallest absolute Gasteiger partial charge is 0.416 e. The van der Waals surface area contributed by atoms with E-state index in [1.807, 2.05) is 11.8 Å². The van der Waals surface area contributed by atoms with Crippen molar-refractivity contribution in [3.63, 3.8) is 0 Å². The number of benzene rings is 1. The molecule has 8 heteroatoms. The molecule has 0 atom stereocenters. The highest BCUT2D eigenvalue weighted by Crippen LogP contribution is 2.42. The first-order chi connectivity index (χ1) is 13.2. The summed E-state index contributed by atoms with van der Waals surface area (Å²) < 4.78 is 44.0. The Labute approximate surface area is 161 Å². The van der Waals surface area contributed by atoms with Crippen LogP contribution in [0.15, 0.2) is 18.2 Å². The first-order valence-electron chi connectivity index (χ1n) is 9.58. The van der Waals surface area contributed by atoms with E-state index in [1.54, 1.807) is 0 Å². The lowest BCUT2D eigenvalue weighted by Crippen LogP contribution is -2.58. The number of piperidine rings is 1. The molecule has 4 rings (SSSR count). The molecular formula is C20H23F3N2O3. The fourth-order valence-corrected chi connectivity index (χ4v) is 4.70. The monoisotopic (exact) mass is 396 g/mol. The highest BCUT2D eigenvalue weighted by Gasteiger charge is 2.53. The maximum Gasteiger partial charge on any atom is 0.416 e. The Bertz CT molecular complexity index is 794. The SMILES string of the molecule is Cc1ccc(C(F)(F)F)cc1C1CCN(C(=O)C2CC3(COC(=O)N3)C2)CC1. The molecule has 2 heterocycles. The van der Waals surface area contributed by atoms with Gasteiger partial charge in [-0.1, -0.05) is 6.07 Å². The Morgan fingerprint density at radius 3 is 2.50 bits per heavy atom. The van der Waals surface area contributed by atoms with Crippen LogP contribution in [-0.4, -0.2) is 42.1 Å². The number of rotatable bonds is 2. The second-order valence-electron chi connectivity index (χ2n) is 8.26. The molecule has 0 unspecified atom stereocenters. The molecule has 0 bridgehead atoms. The summed E-state index contributed by atoms with van der Waals surface area (Å²) >= 11 is 0. The van der Waals surface area contributed by atoms with Crippen LogP contribution < -0.4 is 5.32 Å². The number of cyclic esters (lactones) is 1. The van der Waals surface area contributed by atoms with Crippen LogP contribution >= 0.6 is 0 Å². The van der Waals surface area contributed by atoms with Gasteiger partial charge in [0.15, 0.2) is 0 Å². The number of halogens is 3. The van der Waals surface area contributed by atoms with Gasteiger partial charge in [-0.25, -0.2) is 4.79 Å². The van der Waals surface area contributed by atoms with Gasteiger partial charge in [-0.15, -0.1) is 0 Å². The summed E-state index contributed by atoms with van der Waals surface area (Å²) in [4.78, 5) is 25.8. The van der Waals surface area contributed by atoms with Crippen LogP contribution in [0.5, 0.6) is 0 Å². The van der Waals surface area contributed by atoms with E-state index >= 15 is 0 Å². The number of alkyl carbamates (subject to hydrolysis) is 1. The number of likely N-dealkylation sites (tertiary alicyclic amines) is 1. The number of hydrogen-bond donors (Lipinski definition) is 1. The van der Waals surface area contributed by atoms with E-state index in [-0.39, 0.29) is 23.3 Å². The molecule has 2 amide bonds. The van der Waals surface area contributed by atoms with Gasteiger partial charge in [-0.05, 0) is 61.8 Å². The molecule has 28 heavy (non-hydrogen) atoms. The number of ether oxygens (including phenoxy) is 1. The number of nitrogens with one attached hydrogen (secondary N) is 1. The van der Waals surface area contributed by atoms with Crippen molar-refractivity contribution in [1.82, 2.24) is 10.2 Å². The van der Waals surface area contributed by atoms with E-state index in [1.165, 1.54) is 12.1 Å². The molecule has 2 aliphatic heterocycles. The molecule has 2 saturated heterocycles. The van der Waals surface area contributed by atoms with Crippen molar-refractivity contribution in [1.29, 1.82) is 0 Å². The third-order valence-electron chi connectivity index (χ3n) is 6.32. The van der Waals surface area contributed by atoms with Crippen LogP contribution in [0.4, 0.5) is 18.0 Å². The standard InChI is InChI=1S/C20H23F3N2O3/c1-12-2-3-15(20(21,22)23)8-16(12)13-4-6-25(7-5-13)17(26)14-9-19(10-14)11-28-18(27)24-19/h2-3,8,13-14H,4-7,9-11H2,1H3,(H,24,27). The van der Waals surface area contributed by atoms with Crippen molar-refractivity contribution in [2.75, 3.05) is 19.7 Å². The topological polar surface area (TPSA) is 58.6 Å². The van der Waals surface area contributed by atoms with Crippen LogP contribution in [-0.2, 0) is 15.7 Å². The molecule has 0 aromatic heterocycles. The summed E-state index contributed by atoms with van der Waals surface area (Å²) in [6.07, 6.45) is -2.28. The molecule has 1 spiro atoms. The van der Waals surface area contributed by atoms with E-state index in [9.17, 15) is 22.8 Å². The molecule has 1 saturated carbocycles.